The fourth-order valence-corrected chi connectivity index (χ4v) is 2.56. The van der Waals surface area contributed by atoms with Gasteiger partial charge in [0.25, 0.3) is 5.91 Å². The highest BCUT2D eigenvalue weighted by atomic mass is 79.9. The Bertz CT molecular complexity index is 641. The van der Waals surface area contributed by atoms with Crippen LogP contribution in [0.15, 0.2) is 47.1 Å². The lowest BCUT2D eigenvalue weighted by Crippen LogP contribution is -2.31. The minimum atomic E-state index is -0.0649. The van der Waals surface area contributed by atoms with E-state index in [-0.39, 0.29) is 5.91 Å². The number of rotatable bonds is 8. The second kappa shape index (κ2) is 9.42. The molecule has 0 spiro atoms. The van der Waals surface area contributed by atoms with Gasteiger partial charge in [-0.3, -0.25) is 9.69 Å². The zero-order valence-corrected chi connectivity index (χ0v) is 15.8. The first-order chi connectivity index (χ1) is 11.7. The van der Waals surface area contributed by atoms with Crippen molar-refractivity contribution in [3.63, 3.8) is 0 Å². The number of nitrogens with zero attached hydrogens (tertiary/aromatic N) is 2. The molecule has 4 nitrogen and oxygen atoms in total. The molecule has 24 heavy (non-hydrogen) atoms. The summed E-state index contributed by atoms with van der Waals surface area (Å²) in [6, 6.07) is 11.0. The maximum atomic E-state index is 12.7. The van der Waals surface area contributed by atoms with Gasteiger partial charge in [0.15, 0.2) is 0 Å². The fourth-order valence-electron chi connectivity index (χ4n) is 2.33. The Morgan fingerprint density at radius 1 is 1.12 bits per heavy atom. The number of aromatic nitrogens is 1. The summed E-state index contributed by atoms with van der Waals surface area (Å²) in [4.78, 5) is 18.7. The molecule has 0 aliphatic heterocycles. The van der Waals surface area contributed by atoms with Crippen LogP contribution in [0.4, 0.5) is 5.82 Å². The highest BCUT2D eigenvalue weighted by Gasteiger charge is 2.17. The Morgan fingerprint density at radius 3 is 2.46 bits per heavy atom. The standard InChI is InChI=1S/C19H23BrN2O2/c1-3-5-6-13-24-17-10-7-15(8-11-17)19(23)22(4-2)18-12-9-16(20)14-21-18/h7-12,14H,3-6,13H2,1-2H3. The molecule has 2 aromatic rings. The van der Waals surface area contributed by atoms with Crippen LogP contribution in [0.2, 0.25) is 0 Å². The summed E-state index contributed by atoms with van der Waals surface area (Å²) in [6.07, 6.45) is 5.09. The number of amides is 1. The number of carbonyl (C=O) groups is 1. The Kier molecular flexibility index (Phi) is 7.25. The van der Waals surface area contributed by atoms with Gasteiger partial charge in [0, 0.05) is 22.8 Å². The van der Waals surface area contributed by atoms with Crippen molar-refractivity contribution < 1.29 is 9.53 Å². The van der Waals surface area contributed by atoms with Crippen molar-refractivity contribution in [2.75, 3.05) is 18.1 Å². The normalized spacial score (nSPS) is 10.5. The van der Waals surface area contributed by atoms with E-state index in [4.69, 9.17) is 4.74 Å². The fraction of sp³-hybridized carbons (Fsp3) is 0.368. The Balaban J connectivity index is 2.03. The Labute approximate surface area is 152 Å². The summed E-state index contributed by atoms with van der Waals surface area (Å²) in [5, 5.41) is 0. The van der Waals surface area contributed by atoms with Crippen LogP contribution in [-0.4, -0.2) is 24.0 Å². The molecule has 0 N–H and O–H groups in total. The molecule has 0 saturated heterocycles. The molecule has 1 heterocycles. The van der Waals surface area contributed by atoms with E-state index in [1.54, 1.807) is 23.2 Å². The van der Waals surface area contributed by atoms with Crippen molar-refractivity contribution in [1.82, 2.24) is 4.98 Å². The second-order valence-electron chi connectivity index (χ2n) is 5.46. The molecule has 0 unspecified atom stereocenters. The van der Waals surface area contributed by atoms with Crippen molar-refractivity contribution in [1.29, 1.82) is 0 Å². The number of benzene rings is 1. The van der Waals surface area contributed by atoms with E-state index in [2.05, 4.69) is 27.8 Å². The topological polar surface area (TPSA) is 42.4 Å². The maximum absolute atomic E-state index is 12.7. The summed E-state index contributed by atoms with van der Waals surface area (Å²) in [7, 11) is 0. The van der Waals surface area contributed by atoms with Crippen molar-refractivity contribution in [3.8, 4) is 5.75 Å². The molecule has 0 radical (unpaired) electrons. The van der Waals surface area contributed by atoms with E-state index < -0.39 is 0 Å². The van der Waals surface area contributed by atoms with Crippen molar-refractivity contribution in [3.05, 3.63) is 52.6 Å². The van der Waals surface area contributed by atoms with Crippen LogP contribution < -0.4 is 9.64 Å². The van der Waals surface area contributed by atoms with Gasteiger partial charge < -0.3 is 4.74 Å². The molecule has 0 bridgehead atoms. The molecule has 1 aromatic carbocycles. The molecule has 5 heteroatoms. The first kappa shape index (κ1) is 18.5. The number of hydrogen-bond acceptors (Lipinski definition) is 3. The first-order valence-electron chi connectivity index (χ1n) is 8.32. The molecular formula is C19H23BrN2O2. The molecule has 1 aromatic heterocycles. The number of ether oxygens (including phenoxy) is 1. The largest absolute Gasteiger partial charge is 0.494 e. The van der Waals surface area contributed by atoms with Crippen molar-refractivity contribution in [2.24, 2.45) is 0 Å². The van der Waals surface area contributed by atoms with Gasteiger partial charge in [-0.05, 0) is 65.7 Å². The van der Waals surface area contributed by atoms with Gasteiger partial charge in [-0.1, -0.05) is 19.8 Å². The van der Waals surface area contributed by atoms with Gasteiger partial charge in [-0.15, -0.1) is 0 Å². The van der Waals surface area contributed by atoms with Crippen molar-refractivity contribution >= 4 is 27.7 Å². The Hall–Kier alpha value is -1.88. The highest BCUT2D eigenvalue weighted by molar-refractivity contribution is 9.10. The number of hydrogen-bond donors (Lipinski definition) is 0. The summed E-state index contributed by atoms with van der Waals surface area (Å²) < 4.78 is 6.57. The quantitative estimate of drug-likeness (QED) is 0.590. The van der Waals surface area contributed by atoms with Crippen LogP contribution >= 0.6 is 15.9 Å². The zero-order chi connectivity index (χ0) is 17.4. The first-order valence-corrected chi connectivity index (χ1v) is 9.11. The number of pyridine rings is 1. The summed E-state index contributed by atoms with van der Waals surface area (Å²) in [5.41, 5.74) is 0.627. The number of anilines is 1. The highest BCUT2D eigenvalue weighted by Crippen LogP contribution is 2.19. The van der Waals surface area contributed by atoms with Crippen molar-refractivity contribution in [2.45, 2.75) is 33.1 Å². The lowest BCUT2D eigenvalue weighted by Gasteiger charge is -2.20. The maximum Gasteiger partial charge on any atom is 0.259 e. The van der Waals surface area contributed by atoms with E-state index >= 15 is 0 Å². The van der Waals surface area contributed by atoms with Crippen LogP contribution in [0.25, 0.3) is 0 Å². The number of unbranched alkanes of at least 4 members (excludes halogenated alkanes) is 2. The SMILES string of the molecule is CCCCCOc1ccc(C(=O)N(CC)c2ccc(Br)cn2)cc1. The predicted octanol–water partition coefficient (Wildman–Crippen LogP) is 5.08. The molecule has 0 fully saturated rings. The molecular weight excluding hydrogens is 368 g/mol. The van der Waals surface area contributed by atoms with Crippen LogP contribution in [-0.2, 0) is 0 Å². The molecule has 0 aliphatic carbocycles. The second-order valence-corrected chi connectivity index (χ2v) is 6.38. The van der Waals surface area contributed by atoms with Crippen LogP contribution in [0.5, 0.6) is 5.75 Å². The van der Waals surface area contributed by atoms with Gasteiger partial charge in [0.2, 0.25) is 0 Å². The molecule has 2 rings (SSSR count). The third-order valence-electron chi connectivity index (χ3n) is 3.67. The molecule has 0 atom stereocenters. The third kappa shape index (κ3) is 5.06. The summed E-state index contributed by atoms with van der Waals surface area (Å²) in [5.74, 6) is 1.38. The van der Waals surface area contributed by atoms with Gasteiger partial charge in [-0.25, -0.2) is 4.98 Å². The average Bonchev–Trinajstić information content (AvgIpc) is 2.61. The van der Waals surface area contributed by atoms with E-state index in [1.807, 2.05) is 31.2 Å². The predicted molar refractivity (Wildman–Crippen MR) is 101 cm³/mol. The third-order valence-corrected chi connectivity index (χ3v) is 4.14. The van der Waals surface area contributed by atoms with Gasteiger partial charge in [0.05, 0.1) is 6.61 Å². The monoisotopic (exact) mass is 390 g/mol. The molecule has 0 saturated carbocycles. The van der Waals surface area contributed by atoms with Gasteiger partial charge >= 0.3 is 0 Å². The summed E-state index contributed by atoms with van der Waals surface area (Å²) in [6.45, 7) is 5.38. The summed E-state index contributed by atoms with van der Waals surface area (Å²) >= 11 is 3.36. The molecule has 1 amide bonds. The zero-order valence-electron chi connectivity index (χ0n) is 14.2. The van der Waals surface area contributed by atoms with E-state index in [9.17, 15) is 4.79 Å². The minimum absolute atomic E-state index is 0.0649. The number of halogens is 1. The van der Waals surface area contributed by atoms with Crippen LogP contribution in [0.3, 0.4) is 0 Å². The average molecular weight is 391 g/mol. The van der Waals surface area contributed by atoms with Crippen LogP contribution in [0.1, 0.15) is 43.5 Å². The Morgan fingerprint density at radius 2 is 1.88 bits per heavy atom. The lowest BCUT2D eigenvalue weighted by molar-refractivity contribution is 0.0987. The lowest BCUT2D eigenvalue weighted by atomic mass is 10.2. The van der Waals surface area contributed by atoms with Gasteiger partial charge in [-0.2, -0.15) is 0 Å². The smallest absolute Gasteiger partial charge is 0.259 e. The molecule has 128 valence electrons. The number of carbonyl (C=O) groups excluding carboxylic acids is 1. The van der Waals surface area contributed by atoms with E-state index in [0.717, 1.165) is 16.6 Å². The van der Waals surface area contributed by atoms with E-state index in [0.29, 0.717) is 24.5 Å². The van der Waals surface area contributed by atoms with Gasteiger partial charge in [0.1, 0.15) is 11.6 Å². The molecule has 0 aliphatic rings. The minimum Gasteiger partial charge on any atom is -0.494 e. The van der Waals surface area contributed by atoms with Crippen LogP contribution in [0, 0.1) is 0 Å². The van der Waals surface area contributed by atoms with E-state index in [1.165, 1.54) is 12.8 Å².